The summed E-state index contributed by atoms with van der Waals surface area (Å²) in [6.45, 7) is 0. The van der Waals surface area contributed by atoms with Crippen molar-refractivity contribution in [2.45, 2.75) is 4.90 Å². The number of anilines is 1. The quantitative estimate of drug-likeness (QED) is 0.842. The molecule has 0 aliphatic rings. The molecule has 0 amide bonds. The second kappa shape index (κ2) is 6.44. The average Bonchev–Trinajstić information content (AvgIpc) is 2.54. The van der Waals surface area contributed by atoms with Gasteiger partial charge in [-0.3, -0.25) is 4.72 Å². The molecule has 0 unspecified atom stereocenters. The summed E-state index contributed by atoms with van der Waals surface area (Å²) in [5.41, 5.74) is 0.102. The number of esters is 1. The number of methoxy groups -OCH3 is 2. The second-order valence-electron chi connectivity index (χ2n) is 4.18. The van der Waals surface area contributed by atoms with Crippen LogP contribution < -0.4 is 9.46 Å². The molecule has 0 aliphatic carbocycles. The summed E-state index contributed by atoms with van der Waals surface area (Å²) in [6.07, 6.45) is 1.46. The fourth-order valence-electron chi connectivity index (χ4n) is 1.75. The van der Waals surface area contributed by atoms with Crippen LogP contribution in [0.3, 0.4) is 0 Å². The van der Waals surface area contributed by atoms with E-state index in [2.05, 4.69) is 14.4 Å². The molecular formula is C14H14N2O5S. The van der Waals surface area contributed by atoms with Gasteiger partial charge < -0.3 is 9.47 Å². The Morgan fingerprint density at radius 3 is 2.55 bits per heavy atom. The van der Waals surface area contributed by atoms with Crippen LogP contribution in [0.5, 0.6) is 5.75 Å². The molecule has 0 spiro atoms. The molecule has 116 valence electrons. The van der Waals surface area contributed by atoms with Crippen molar-refractivity contribution in [3.63, 3.8) is 0 Å². The van der Waals surface area contributed by atoms with Gasteiger partial charge in [0.25, 0.3) is 10.0 Å². The van der Waals surface area contributed by atoms with E-state index in [4.69, 9.17) is 4.74 Å². The predicted octanol–water partition coefficient (Wildman–Crippen LogP) is 1.68. The number of carbonyl (C=O) groups excluding carboxylic acids is 1. The van der Waals surface area contributed by atoms with Crippen molar-refractivity contribution in [2.24, 2.45) is 0 Å². The first-order valence-electron chi connectivity index (χ1n) is 6.18. The van der Waals surface area contributed by atoms with Gasteiger partial charge in [0, 0.05) is 6.20 Å². The maximum absolute atomic E-state index is 12.5. The lowest BCUT2D eigenvalue weighted by atomic mass is 10.2. The summed E-state index contributed by atoms with van der Waals surface area (Å²) in [5.74, 6) is -0.374. The Balaban J connectivity index is 2.46. The summed E-state index contributed by atoms with van der Waals surface area (Å²) in [7, 11) is -1.41. The molecule has 1 aromatic carbocycles. The lowest BCUT2D eigenvalue weighted by molar-refractivity contribution is 0.0600. The molecule has 2 aromatic rings. The molecule has 0 fully saturated rings. The summed E-state index contributed by atoms with van der Waals surface area (Å²) in [6, 6.07) is 8.82. The number of pyridine rings is 1. The van der Waals surface area contributed by atoms with Crippen molar-refractivity contribution in [1.29, 1.82) is 0 Å². The zero-order chi connectivity index (χ0) is 16.2. The fraction of sp³-hybridized carbons (Fsp3) is 0.143. The summed E-state index contributed by atoms with van der Waals surface area (Å²) in [4.78, 5) is 15.3. The number of benzene rings is 1. The van der Waals surface area contributed by atoms with E-state index in [0.717, 1.165) is 0 Å². The van der Waals surface area contributed by atoms with E-state index in [0.29, 0.717) is 0 Å². The van der Waals surface area contributed by atoms with Crippen LogP contribution in [0.2, 0.25) is 0 Å². The van der Waals surface area contributed by atoms with E-state index in [9.17, 15) is 13.2 Å². The topological polar surface area (TPSA) is 94.6 Å². The first-order chi connectivity index (χ1) is 10.5. The maximum Gasteiger partial charge on any atom is 0.337 e. The number of hydrogen-bond acceptors (Lipinski definition) is 6. The van der Waals surface area contributed by atoms with Crippen LogP contribution >= 0.6 is 0 Å². The van der Waals surface area contributed by atoms with E-state index in [1.165, 1.54) is 44.7 Å². The molecule has 2 rings (SSSR count). The van der Waals surface area contributed by atoms with E-state index < -0.39 is 16.0 Å². The normalized spacial score (nSPS) is 10.8. The van der Waals surface area contributed by atoms with Crippen molar-refractivity contribution >= 4 is 21.8 Å². The Bertz CT molecular complexity index is 775. The highest BCUT2D eigenvalue weighted by molar-refractivity contribution is 7.92. The molecule has 0 aliphatic heterocycles. The largest absolute Gasteiger partial charge is 0.495 e. The summed E-state index contributed by atoms with van der Waals surface area (Å²) >= 11 is 0. The molecule has 0 saturated heterocycles. The second-order valence-corrected chi connectivity index (χ2v) is 5.83. The summed E-state index contributed by atoms with van der Waals surface area (Å²) in [5, 5.41) is 0. The van der Waals surface area contributed by atoms with Crippen molar-refractivity contribution in [3.05, 3.63) is 48.2 Å². The van der Waals surface area contributed by atoms with Crippen LogP contribution in [0.1, 0.15) is 10.4 Å². The third kappa shape index (κ3) is 3.34. The number of aromatic nitrogens is 1. The van der Waals surface area contributed by atoms with Crippen LogP contribution in [-0.4, -0.2) is 33.6 Å². The van der Waals surface area contributed by atoms with E-state index >= 15 is 0 Å². The number of rotatable bonds is 5. The minimum absolute atomic E-state index is 0.102. The lowest BCUT2D eigenvalue weighted by Gasteiger charge is -2.12. The Labute approximate surface area is 128 Å². The molecule has 7 nitrogen and oxygen atoms in total. The van der Waals surface area contributed by atoms with Crippen LogP contribution in [0, 0.1) is 0 Å². The van der Waals surface area contributed by atoms with Crippen LogP contribution in [0.4, 0.5) is 5.82 Å². The highest BCUT2D eigenvalue weighted by atomic mass is 32.2. The van der Waals surface area contributed by atoms with Gasteiger partial charge in [0.1, 0.15) is 16.5 Å². The Hall–Kier alpha value is -2.61. The Kier molecular flexibility index (Phi) is 4.62. The number of ether oxygens (including phenoxy) is 2. The molecule has 0 bridgehead atoms. The maximum atomic E-state index is 12.5. The zero-order valence-corrected chi connectivity index (χ0v) is 12.8. The van der Waals surface area contributed by atoms with Gasteiger partial charge in [-0.2, -0.15) is 0 Å². The molecule has 1 heterocycles. The number of nitrogens with one attached hydrogen (secondary N) is 1. The highest BCUT2D eigenvalue weighted by Gasteiger charge is 2.22. The van der Waals surface area contributed by atoms with E-state index in [-0.39, 0.29) is 22.0 Å². The molecule has 8 heteroatoms. The minimum Gasteiger partial charge on any atom is -0.495 e. The number of hydrogen-bond donors (Lipinski definition) is 1. The third-order valence-electron chi connectivity index (χ3n) is 2.78. The fourth-order valence-corrected chi connectivity index (χ4v) is 2.95. The van der Waals surface area contributed by atoms with Crippen LogP contribution in [0.15, 0.2) is 47.5 Å². The van der Waals surface area contributed by atoms with Crippen LogP contribution in [0.25, 0.3) is 0 Å². The van der Waals surface area contributed by atoms with Gasteiger partial charge >= 0.3 is 5.97 Å². The van der Waals surface area contributed by atoms with Crippen molar-refractivity contribution < 1.29 is 22.7 Å². The molecule has 0 radical (unpaired) electrons. The molecular weight excluding hydrogens is 308 g/mol. The van der Waals surface area contributed by atoms with Crippen molar-refractivity contribution in [2.75, 3.05) is 18.9 Å². The average molecular weight is 322 g/mol. The number of carbonyl (C=O) groups is 1. The molecule has 0 atom stereocenters. The monoisotopic (exact) mass is 322 g/mol. The first kappa shape index (κ1) is 15.8. The Morgan fingerprint density at radius 1 is 1.18 bits per heavy atom. The van der Waals surface area contributed by atoms with Crippen molar-refractivity contribution in [3.8, 4) is 5.75 Å². The van der Waals surface area contributed by atoms with E-state index in [1.807, 2.05) is 0 Å². The van der Waals surface area contributed by atoms with Gasteiger partial charge in [0.05, 0.1) is 19.8 Å². The van der Waals surface area contributed by atoms with Gasteiger partial charge in [-0.15, -0.1) is 0 Å². The van der Waals surface area contributed by atoms with Gasteiger partial charge in [-0.1, -0.05) is 6.07 Å². The zero-order valence-electron chi connectivity index (χ0n) is 11.9. The Morgan fingerprint density at radius 2 is 1.95 bits per heavy atom. The predicted molar refractivity (Wildman–Crippen MR) is 79.4 cm³/mol. The van der Waals surface area contributed by atoms with Gasteiger partial charge in [0.2, 0.25) is 0 Å². The smallest absolute Gasteiger partial charge is 0.337 e. The molecule has 1 N–H and O–H groups in total. The highest BCUT2D eigenvalue weighted by Crippen LogP contribution is 2.26. The minimum atomic E-state index is -3.97. The SMILES string of the molecule is COC(=O)c1ccc(OC)c(S(=O)(=O)Nc2ccccn2)c1. The van der Waals surface area contributed by atoms with E-state index in [1.54, 1.807) is 12.1 Å². The number of sulfonamides is 1. The third-order valence-corrected chi connectivity index (χ3v) is 4.15. The first-order valence-corrected chi connectivity index (χ1v) is 7.66. The lowest BCUT2D eigenvalue weighted by Crippen LogP contribution is -2.16. The molecule has 22 heavy (non-hydrogen) atoms. The molecule has 1 aromatic heterocycles. The molecule has 0 saturated carbocycles. The summed E-state index contributed by atoms with van der Waals surface area (Å²) < 4.78 is 36.9. The van der Waals surface area contributed by atoms with Crippen molar-refractivity contribution in [1.82, 2.24) is 4.98 Å². The van der Waals surface area contributed by atoms with Gasteiger partial charge in [-0.05, 0) is 30.3 Å². The standard InChI is InChI=1S/C14H14N2O5S/c1-20-11-7-6-10(14(17)21-2)9-12(11)22(18,19)16-13-5-3-4-8-15-13/h3-9H,1-2H3,(H,15,16). The van der Waals surface area contributed by atoms with Crippen LogP contribution in [-0.2, 0) is 14.8 Å². The van der Waals surface area contributed by atoms with Gasteiger partial charge in [-0.25, -0.2) is 18.2 Å². The number of nitrogens with zero attached hydrogens (tertiary/aromatic N) is 1. The van der Waals surface area contributed by atoms with Gasteiger partial charge in [0.15, 0.2) is 0 Å².